The van der Waals surface area contributed by atoms with Crippen molar-refractivity contribution in [2.24, 2.45) is 0 Å². The number of rotatable bonds is 3. The average Bonchev–Trinajstić information content (AvgIpc) is 2.00. The van der Waals surface area contributed by atoms with Crippen molar-refractivity contribution >= 4 is 5.91 Å². The van der Waals surface area contributed by atoms with Crippen molar-refractivity contribution in [1.29, 1.82) is 0 Å². The van der Waals surface area contributed by atoms with Crippen molar-refractivity contribution in [3.63, 3.8) is 0 Å². The van der Waals surface area contributed by atoms with Crippen LogP contribution in [0, 0.1) is 0 Å². The molecule has 0 spiro atoms. The molecular formula is C8H12F3NO2. The molecule has 0 rings (SSSR count). The van der Waals surface area contributed by atoms with Crippen molar-refractivity contribution in [3.8, 4) is 0 Å². The molecule has 1 unspecified atom stereocenters. The van der Waals surface area contributed by atoms with E-state index in [1.165, 1.54) is 14.1 Å². The van der Waals surface area contributed by atoms with Crippen LogP contribution in [0.25, 0.3) is 0 Å². The number of aliphatic hydroxyl groups is 1. The minimum atomic E-state index is -4.71. The van der Waals surface area contributed by atoms with E-state index in [1.54, 1.807) is 0 Å². The molecule has 0 bridgehead atoms. The van der Waals surface area contributed by atoms with Gasteiger partial charge in [-0.2, -0.15) is 13.2 Å². The standard InChI is InChI=1S/C8H12F3NO2/c1-5(7(14)12(2)3)4-6(13)8(9,10)11/h6,13H,1,4H2,2-3H3. The van der Waals surface area contributed by atoms with Crippen LogP contribution in [0.1, 0.15) is 6.42 Å². The monoisotopic (exact) mass is 211 g/mol. The van der Waals surface area contributed by atoms with E-state index in [2.05, 4.69) is 6.58 Å². The van der Waals surface area contributed by atoms with Crippen LogP contribution in [0.15, 0.2) is 12.2 Å². The van der Waals surface area contributed by atoms with Gasteiger partial charge < -0.3 is 10.0 Å². The van der Waals surface area contributed by atoms with E-state index >= 15 is 0 Å². The fraction of sp³-hybridized carbons (Fsp3) is 0.625. The zero-order valence-corrected chi connectivity index (χ0v) is 7.93. The van der Waals surface area contributed by atoms with Gasteiger partial charge in [-0.1, -0.05) is 6.58 Å². The third-order valence-electron chi connectivity index (χ3n) is 1.53. The number of carbonyl (C=O) groups is 1. The minimum Gasteiger partial charge on any atom is -0.383 e. The first-order chi connectivity index (χ1) is 6.16. The Kier molecular flexibility index (Phi) is 4.12. The molecule has 1 atom stereocenters. The first-order valence-electron chi connectivity index (χ1n) is 3.80. The molecule has 82 valence electrons. The van der Waals surface area contributed by atoms with Gasteiger partial charge in [0.2, 0.25) is 5.91 Å². The summed E-state index contributed by atoms with van der Waals surface area (Å²) in [5, 5.41) is 8.63. The number of amides is 1. The Morgan fingerprint density at radius 3 is 2.21 bits per heavy atom. The quantitative estimate of drug-likeness (QED) is 0.706. The van der Waals surface area contributed by atoms with Gasteiger partial charge in [-0.15, -0.1) is 0 Å². The Balaban J connectivity index is 4.28. The molecule has 0 aliphatic carbocycles. The Labute approximate surface area is 79.8 Å². The van der Waals surface area contributed by atoms with Crippen LogP contribution >= 0.6 is 0 Å². The maximum atomic E-state index is 11.9. The van der Waals surface area contributed by atoms with Gasteiger partial charge >= 0.3 is 6.18 Å². The minimum absolute atomic E-state index is 0.264. The summed E-state index contributed by atoms with van der Waals surface area (Å²) in [6.45, 7) is 3.18. The highest BCUT2D eigenvalue weighted by molar-refractivity contribution is 5.92. The number of halogens is 3. The Hall–Kier alpha value is -1.04. The van der Waals surface area contributed by atoms with E-state index in [9.17, 15) is 18.0 Å². The molecule has 0 aromatic carbocycles. The molecule has 1 N–H and O–H groups in total. The molecule has 0 heterocycles. The van der Waals surface area contributed by atoms with Crippen molar-refractivity contribution < 1.29 is 23.1 Å². The number of alkyl halides is 3. The van der Waals surface area contributed by atoms with Crippen molar-refractivity contribution in [2.45, 2.75) is 18.7 Å². The predicted molar refractivity (Wildman–Crippen MR) is 44.5 cm³/mol. The van der Waals surface area contributed by atoms with Gasteiger partial charge in [-0.25, -0.2) is 0 Å². The summed E-state index contributed by atoms with van der Waals surface area (Å²) in [5.41, 5.74) is -0.264. The van der Waals surface area contributed by atoms with Gasteiger partial charge in [-0.3, -0.25) is 4.79 Å². The molecule has 0 fully saturated rings. The molecule has 0 saturated heterocycles. The summed E-state index contributed by atoms with van der Waals surface area (Å²) in [7, 11) is 2.79. The number of nitrogens with zero attached hydrogens (tertiary/aromatic N) is 1. The molecule has 3 nitrogen and oxygen atoms in total. The fourth-order valence-electron chi connectivity index (χ4n) is 0.753. The molecule has 0 saturated carbocycles. The maximum Gasteiger partial charge on any atom is 0.414 e. The molecule has 0 aliphatic heterocycles. The van der Waals surface area contributed by atoms with E-state index in [0.29, 0.717) is 0 Å². The van der Waals surface area contributed by atoms with Crippen LogP contribution in [0.4, 0.5) is 13.2 Å². The third kappa shape index (κ3) is 3.78. The number of likely N-dealkylation sites (N-methyl/N-ethyl adjacent to an activating group) is 1. The van der Waals surface area contributed by atoms with Crippen LogP contribution in [-0.4, -0.2) is 42.3 Å². The highest BCUT2D eigenvalue weighted by Gasteiger charge is 2.38. The molecule has 6 heteroatoms. The predicted octanol–water partition coefficient (Wildman–Crippen LogP) is 0.944. The lowest BCUT2D eigenvalue weighted by molar-refractivity contribution is -0.203. The fourth-order valence-corrected chi connectivity index (χ4v) is 0.753. The SMILES string of the molecule is C=C(CC(O)C(F)(F)F)C(=O)N(C)C. The smallest absolute Gasteiger partial charge is 0.383 e. The topological polar surface area (TPSA) is 40.5 Å². The van der Waals surface area contributed by atoms with Crippen molar-refractivity contribution in [1.82, 2.24) is 4.90 Å². The van der Waals surface area contributed by atoms with Crippen LogP contribution in [0.2, 0.25) is 0 Å². The Bertz CT molecular complexity index is 235. The first kappa shape index (κ1) is 13.0. The second kappa shape index (κ2) is 4.45. The molecular weight excluding hydrogens is 199 g/mol. The Morgan fingerprint density at radius 1 is 1.50 bits per heavy atom. The van der Waals surface area contributed by atoms with Gasteiger partial charge in [0, 0.05) is 26.1 Å². The van der Waals surface area contributed by atoms with Crippen LogP contribution in [0.3, 0.4) is 0 Å². The van der Waals surface area contributed by atoms with Gasteiger partial charge in [0.25, 0.3) is 0 Å². The number of hydrogen-bond donors (Lipinski definition) is 1. The summed E-state index contributed by atoms with van der Waals surface area (Å²) in [6.07, 6.45) is -8.03. The summed E-state index contributed by atoms with van der Waals surface area (Å²) < 4.78 is 35.6. The largest absolute Gasteiger partial charge is 0.414 e. The second-order valence-electron chi connectivity index (χ2n) is 3.06. The highest BCUT2D eigenvalue weighted by atomic mass is 19.4. The number of aliphatic hydroxyl groups excluding tert-OH is 1. The zero-order chi connectivity index (χ0) is 11.5. The van der Waals surface area contributed by atoms with Gasteiger partial charge in [0.1, 0.15) is 0 Å². The molecule has 1 amide bonds. The summed E-state index contributed by atoms with van der Waals surface area (Å²) in [4.78, 5) is 12.2. The van der Waals surface area contributed by atoms with Gasteiger partial charge in [0.05, 0.1) is 0 Å². The molecule has 0 aromatic heterocycles. The van der Waals surface area contributed by atoms with Crippen molar-refractivity contribution in [2.75, 3.05) is 14.1 Å². The highest BCUT2D eigenvalue weighted by Crippen LogP contribution is 2.24. The average molecular weight is 211 g/mol. The van der Waals surface area contributed by atoms with E-state index in [4.69, 9.17) is 5.11 Å². The van der Waals surface area contributed by atoms with Crippen molar-refractivity contribution in [3.05, 3.63) is 12.2 Å². The zero-order valence-electron chi connectivity index (χ0n) is 7.93. The summed E-state index contributed by atoms with van der Waals surface area (Å²) in [6, 6.07) is 0. The molecule has 14 heavy (non-hydrogen) atoms. The van der Waals surface area contributed by atoms with E-state index in [1.807, 2.05) is 0 Å². The number of carbonyl (C=O) groups excluding carboxylic acids is 1. The molecule has 0 radical (unpaired) electrons. The molecule has 0 aliphatic rings. The van der Waals surface area contributed by atoms with E-state index in [0.717, 1.165) is 4.90 Å². The molecule has 0 aromatic rings. The van der Waals surface area contributed by atoms with Gasteiger partial charge in [-0.05, 0) is 0 Å². The van der Waals surface area contributed by atoms with Crippen LogP contribution in [-0.2, 0) is 4.79 Å². The number of hydrogen-bond acceptors (Lipinski definition) is 2. The lowest BCUT2D eigenvalue weighted by Crippen LogP contribution is -2.32. The summed E-state index contributed by atoms with van der Waals surface area (Å²) >= 11 is 0. The lowest BCUT2D eigenvalue weighted by Gasteiger charge is -2.17. The normalized spacial score (nSPS) is 13.6. The van der Waals surface area contributed by atoms with Crippen LogP contribution in [0.5, 0.6) is 0 Å². The van der Waals surface area contributed by atoms with E-state index in [-0.39, 0.29) is 5.57 Å². The van der Waals surface area contributed by atoms with E-state index < -0.39 is 24.6 Å². The lowest BCUT2D eigenvalue weighted by atomic mass is 10.1. The first-order valence-corrected chi connectivity index (χ1v) is 3.80. The Morgan fingerprint density at radius 2 is 1.93 bits per heavy atom. The van der Waals surface area contributed by atoms with Gasteiger partial charge in [0.15, 0.2) is 6.10 Å². The maximum absolute atomic E-state index is 11.9. The second-order valence-corrected chi connectivity index (χ2v) is 3.06. The third-order valence-corrected chi connectivity index (χ3v) is 1.53. The summed E-state index contributed by atoms with van der Waals surface area (Å²) in [5.74, 6) is -0.617. The van der Waals surface area contributed by atoms with Crippen LogP contribution < -0.4 is 0 Å².